The van der Waals surface area contributed by atoms with Crippen LogP contribution >= 0.6 is 0 Å². The van der Waals surface area contributed by atoms with E-state index in [0.717, 1.165) is 38.0 Å². The van der Waals surface area contributed by atoms with E-state index in [1.54, 1.807) is 38.2 Å². The number of halogens is 1. The zero-order valence-electron chi connectivity index (χ0n) is 19.4. The SMILES string of the molecule is CC(C)(NC(=O)Cc1ccccc1F)C(=O)N1CCC2(CC1)COC(Cc1ccccn1)C2. The van der Waals surface area contributed by atoms with Crippen LogP contribution in [0.3, 0.4) is 0 Å². The highest BCUT2D eigenvalue weighted by Gasteiger charge is 2.44. The van der Waals surface area contributed by atoms with E-state index in [0.29, 0.717) is 18.7 Å². The molecule has 2 saturated heterocycles. The third-order valence-corrected chi connectivity index (χ3v) is 6.86. The maximum Gasteiger partial charge on any atom is 0.247 e. The number of hydrogen-bond donors (Lipinski definition) is 1. The van der Waals surface area contributed by atoms with Crippen LogP contribution in [0.15, 0.2) is 48.7 Å². The van der Waals surface area contributed by atoms with Crippen LogP contribution in [0.5, 0.6) is 0 Å². The minimum absolute atomic E-state index is 0.0957. The van der Waals surface area contributed by atoms with Crippen LogP contribution in [0.1, 0.15) is 44.4 Å². The number of piperidine rings is 1. The van der Waals surface area contributed by atoms with E-state index in [1.807, 2.05) is 23.1 Å². The molecule has 1 aromatic heterocycles. The molecule has 0 radical (unpaired) electrons. The molecule has 176 valence electrons. The van der Waals surface area contributed by atoms with Gasteiger partial charge in [-0.05, 0) is 62.3 Å². The summed E-state index contributed by atoms with van der Waals surface area (Å²) in [5, 5.41) is 2.80. The largest absolute Gasteiger partial charge is 0.377 e. The zero-order chi connectivity index (χ0) is 23.5. The van der Waals surface area contributed by atoms with Crippen molar-refractivity contribution in [2.45, 2.75) is 57.6 Å². The highest BCUT2D eigenvalue weighted by atomic mass is 19.1. The number of carbonyl (C=O) groups is 2. The van der Waals surface area contributed by atoms with Gasteiger partial charge in [0.05, 0.1) is 19.1 Å². The van der Waals surface area contributed by atoms with Crippen LogP contribution in [0.2, 0.25) is 0 Å². The number of ether oxygens (including phenoxy) is 1. The Morgan fingerprint density at radius 2 is 1.91 bits per heavy atom. The van der Waals surface area contributed by atoms with Crippen LogP contribution in [-0.4, -0.2) is 53.0 Å². The Morgan fingerprint density at radius 3 is 2.61 bits per heavy atom. The van der Waals surface area contributed by atoms with Crippen LogP contribution < -0.4 is 5.32 Å². The van der Waals surface area contributed by atoms with Crippen LogP contribution in [0, 0.1) is 11.2 Å². The van der Waals surface area contributed by atoms with Crippen molar-refractivity contribution in [1.82, 2.24) is 15.2 Å². The van der Waals surface area contributed by atoms with Gasteiger partial charge in [0.15, 0.2) is 0 Å². The highest BCUT2D eigenvalue weighted by molar-refractivity contribution is 5.91. The molecule has 0 saturated carbocycles. The standard InChI is InChI=1S/C26H32FN3O3/c1-25(2,29-23(31)15-19-7-3-4-9-22(19)27)24(32)30-13-10-26(11-14-30)17-21(33-18-26)16-20-8-5-6-12-28-20/h3-9,12,21H,10-11,13-18H2,1-2H3,(H,29,31). The molecule has 1 N–H and O–H groups in total. The maximum absolute atomic E-state index is 13.9. The van der Waals surface area contributed by atoms with E-state index < -0.39 is 11.4 Å². The van der Waals surface area contributed by atoms with E-state index >= 15 is 0 Å². The van der Waals surface area contributed by atoms with E-state index in [4.69, 9.17) is 4.74 Å². The van der Waals surface area contributed by atoms with Crippen molar-refractivity contribution < 1.29 is 18.7 Å². The molecule has 6 nitrogen and oxygen atoms in total. The molecule has 1 aromatic carbocycles. The molecule has 0 aliphatic carbocycles. The first-order valence-electron chi connectivity index (χ1n) is 11.6. The van der Waals surface area contributed by atoms with E-state index in [1.165, 1.54) is 6.07 Å². The second kappa shape index (κ2) is 9.59. The summed E-state index contributed by atoms with van der Waals surface area (Å²) in [6.45, 7) is 5.42. The summed E-state index contributed by atoms with van der Waals surface area (Å²) in [7, 11) is 0. The van der Waals surface area contributed by atoms with Gasteiger partial charge in [-0.25, -0.2) is 4.39 Å². The molecule has 3 heterocycles. The normalized spacial score (nSPS) is 20.1. The Bertz CT molecular complexity index is 987. The molecular weight excluding hydrogens is 421 g/mol. The summed E-state index contributed by atoms with van der Waals surface area (Å²) in [5.74, 6) is -0.894. The second-order valence-electron chi connectivity index (χ2n) is 9.90. The van der Waals surface area contributed by atoms with Gasteiger partial charge in [0.2, 0.25) is 11.8 Å². The van der Waals surface area contributed by atoms with Gasteiger partial charge in [0, 0.05) is 31.4 Å². The third kappa shape index (κ3) is 5.58. The lowest BCUT2D eigenvalue weighted by Gasteiger charge is -2.41. The Balaban J connectivity index is 1.28. The lowest BCUT2D eigenvalue weighted by atomic mass is 9.76. The highest BCUT2D eigenvalue weighted by Crippen LogP contribution is 2.42. The van der Waals surface area contributed by atoms with Gasteiger partial charge >= 0.3 is 0 Å². The second-order valence-corrected chi connectivity index (χ2v) is 9.90. The van der Waals surface area contributed by atoms with E-state index in [-0.39, 0.29) is 29.8 Å². The minimum atomic E-state index is -1.06. The van der Waals surface area contributed by atoms with Crippen molar-refractivity contribution in [2.75, 3.05) is 19.7 Å². The lowest BCUT2D eigenvalue weighted by Crippen LogP contribution is -2.58. The summed E-state index contributed by atoms with van der Waals surface area (Å²) in [4.78, 5) is 31.9. The zero-order valence-corrected chi connectivity index (χ0v) is 19.4. The summed E-state index contributed by atoms with van der Waals surface area (Å²) >= 11 is 0. The number of amides is 2. The number of nitrogens with zero attached hydrogens (tertiary/aromatic N) is 2. The van der Waals surface area contributed by atoms with E-state index in [9.17, 15) is 14.0 Å². The fourth-order valence-corrected chi connectivity index (χ4v) is 4.97. The molecule has 2 aromatic rings. The molecule has 2 fully saturated rings. The molecule has 7 heteroatoms. The van der Waals surface area contributed by atoms with Crippen molar-refractivity contribution in [3.8, 4) is 0 Å². The first-order chi connectivity index (χ1) is 15.8. The average molecular weight is 454 g/mol. The van der Waals surface area contributed by atoms with Crippen LogP contribution in [0.25, 0.3) is 0 Å². The number of hydrogen-bond acceptors (Lipinski definition) is 4. The Hall–Kier alpha value is -2.80. The number of aromatic nitrogens is 1. The molecule has 33 heavy (non-hydrogen) atoms. The van der Waals surface area contributed by atoms with Crippen molar-refractivity contribution in [1.29, 1.82) is 0 Å². The number of pyridine rings is 1. The molecule has 1 atom stereocenters. The summed E-state index contributed by atoms with van der Waals surface area (Å²) < 4.78 is 20.0. The van der Waals surface area contributed by atoms with Gasteiger partial charge in [-0.15, -0.1) is 0 Å². The maximum atomic E-state index is 13.9. The lowest BCUT2D eigenvalue weighted by molar-refractivity contribution is -0.142. The van der Waals surface area contributed by atoms with Crippen LogP contribution in [-0.2, 0) is 27.2 Å². The number of carbonyl (C=O) groups excluding carboxylic acids is 2. The van der Waals surface area contributed by atoms with Crippen molar-refractivity contribution >= 4 is 11.8 Å². The topological polar surface area (TPSA) is 71.5 Å². The molecule has 2 aliphatic heterocycles. The van der Waals surface area contributed by atoms with Gasteiger partial charge in [-0.2, -0.15) is 0 Å². The van der Waals surface area contributed by atoms with Gasteiger partial charge in [-0.3, -0.25) is 14.6 Å². The van der Waals surface area contributed by atoms with Crippen molar-refractivity contribution in [3.63, 3.8) is 0 Å². The first kappa shape index (κ1) is 23.4. The monoisotopic (exact) mass is 453 g/mol. The predicted molar refractivity (Wildman–Crippen MR) is 123 cm³/mol. The van der Waals surface area contributed by atoms with E-state index in [2.05, 4.69) is 10.3 Å². The minimum Gasteiger partial charge on any atom is -0.377 e. The Labute approximate surface area is 194 Å². The number of benzene rings is 1. The average Bonchev–Trinajstić information content (AvgIpc) is 3.17. The third-order valence-electron chi connectivity index (χ3n) is 6.86. The van der Waals surface area contributed by atoms with Crippen molar-refractivity contribution in [3.05, 3.63) is 65.7 Å². The van der Waals surface area contributed by atoms with Gasteiger partial charge in [-0.1, -0.05) is 24.3 Å². The number of likely N-dealkylation sites (tertiary alicyclic amines) is 1. The predicted octanol–water partition coefficient (Wildman–Crippen LogP) is 3.30. The summed E-state index contributed by atoms with van der Waals surface area (Å²) in [6.07, 6.45) is 5.44. The number of nitrogens with one attached hydrogen (secondary N) is 1. The summed E-state index contributed by atoms with van der Waals surface area (Å²) in [5.41, 5.74) is 0.411. The van der Waals surface area contributed by atoms with Crippen molar-refractivity contribution in [2.24, 2.45) is 5.41 Å². The Kier molecular flexibility index (Phi) is 6.79. The fourth-order valence-electron chi connectivity index (χ4n) is 4.97. The quantitative estimate of drug-likeness (QED) is 0.729. The Morgan fingerprint density at radius 1 is 1.18 bits per heavy atom. The molecule has 1 unspecified atom stereocenters. The number of rotatable bonds is 6. The smallest absolute Gasteiger partial charge is 0.247 e. The van der Waals surface area contributed by atoms with Crippen LogP contribution in [0.4, 0.5) is 4.39 Å². The fraction of sp³-hybridized carbons (Fsp3) is 0.500. The van der Waals surface area contributed by atoms with Gasteiger partial charge in [0.1, 0.15) is 11.4 Å². The molecule has 1 spiro atoms. The van der Waals surface area contributed by atoms with Gasteiger partial charge in [0.25, 0.3) is 0 Å². The molecule has 2 amide bonds. The molecular formula is C26H32FN3O3. The summed E-state index contributed by atoms with van der Waals surface area (Å²) in [6, 6.07) is 12.1. The molecule has 0 bridgehead atoms. The van der Waals surface area contributed by atoms with Gasteiger partial charge < -0.3 is 15.0 Å². The molecule has 4 rings (SSSR count). The first-order valence-corrected chi connectivity index (χ1v) is 11.6. The molecule has 2 aliphatic rings.